The molecule has 1 aromatic heterocycles. The second-order valence-electron chi connectivity index (χ2n) is 5.10. The van der Waals surface area contributed by atoms with Crippen LogP contribution in [-0.2, 0) is 0 Å². The van der Waals surface area contributed by atoms with Crippen LogP contribution in [0.2, 0.25) is 0 Å². The zero-order valence-electron chi connectivity index (χ0n) is 12.2. The monoisotopic (exact) mass is 263 g/mol. The molecule has 1 rings (SSSR count). The zero-order valence-corrected chi connectivity index (χ0v) is 12.2. The predicted molar refractivity (Wildman–Crippen MR) is 74.7 cm³/mol. The molecule has 1 unspecified atom stereocenters. The van der Waals surface area contributed by atoms with Gasteiger partial charge < -0.3 is 4.42 Å². The first-order valence-corrected chi connectivity index (χ1v) is 7.55. The van der Waals surface area contributed by atoms with Gasteiger partial charge in [0.05, 0.1) is 0 Å². The molecule has 19 heavy (non-hydrogen) atoms. The smallest absolute Gasteiger partial charge is 0.321 e. The van der Waals surface area contributed by atoms with E-state index in [1.54, 1.807) is 0 Å². The van der Waals surface area contributed by atoms with Crippen molar-refractivity contribution in [2.75, 3.05) is 0 Å². The van der Waals surface area contributed by atoms with Gasteiger partial charge in [-0.15, -0.1) is 5.10 Å². The van der Waals surface area contributed by atoms with Crippen LogP contribution in [0.15, 0.2) is 4.42 Å². The van der Waals surface area contributed by atoms with Gasteiger partial charge in [-0.05, 0) is 12.8 Å². The maximum Gasteiger partial charge on any atom is 0.321 e. The minimum Gasteiger partial charge on any atom is -0.413 e. The fourth-order valence-corrected chi connectivity index (χ4v) is 2.29. The average molecular weight is 263 g/mol. The number of hydrogen-bond acceptors (Lipinski definition) is 4. The molecule has 0 radical (unpaired) electrons. The number of aromatic nitrogens is 2. The summed E-state index contributed by atoms with van der Waals surface area (Å²) in [6, 6.07) is 1.91. The van der Waals surface area contributed by atoms with Gasteiger partial charge in [-0.25, -0.2) is 0 Å². The van der Waals surface area contributed by atoms with Gasteiger partial charge >= 0.3 is 5.89 Å². The van der Waals surface area contributed by atoms with Gasteiger partial charge in [0.1, 0.15) is 0 Å². The summed E-state index contributed by atoms with van der Waals surface area (Å²) < 4.78 is 5.40. The predicted octanol–water partition coefficient (Wildman–Crippen LogP) is 4.58. The Balaban J connectivity index is 2.50. The van der Waals surface area contributed by atoms with Gasteiger partial charge in [0, 0.05) is 5.92 Å². The fraction of sp³-hybridized carbons (Fsp3) is 0.800. The van der Waals surface area contributed by atoms with Gasteiger partial charge in [-0.3, -0.25) is 0 Å². The van der Waals surface area contributed by atoms with Crippen LogP contribution in [0.1, 0.15) is 89.3 Å². The zero-order chi connectivity index (χ0) is 13.9. The molecule has 0 aliphatic carbocycles. The Morgan fingerprint density at radius 2 is 1.63 bits per heavy atom. The van der Waals surface area contributed by atoms with E-state index in [1.165, 1.54) is 44.9 Å². The van der Waals surface area contributed by atoms with Crippen LogP contribution in [0.5, 0.6) is 0 Å². The Bertz CT molecular complexity index is 381. The highest BCUT2D eigenvalue weighted by molar-refractivity contribution is 5.04. The molecule has 4 heteroatoms. The first-order chi connectivity index (χ1) is 9.31. The Labute approximate surface area is 116 Å². The first-order valence-electron chi connectivity index (χ1n) is 7.55. The highest BCUT2D eigenvalue weighted by atomic mass is 16.4. The van der Waals surface area contributed by atoms with E-state index in [2.05, 4.69) is 24.0 Å². The maximum atomic E-state index is 8.75. The van der Waals surface area contributed by atoms with Crippen LogP contribution in [0.3, 0.4) is 0 Å². The quantitative estimate of drug-likeness (QED) is 0.580. The second kappa shape index (κ2) is 9.55. The van der Waals surface area contributed by atoms with E-state index in [1.807, 2.05) is 6.07 Å². The lowest BCUT2D eigenvalue weighted by Gasteiger charge is -2.12. The summed E-state index contributed by atoms with van der Waals surface area (Å²) in [5.74, 6) is 1.08. The minimum atomic E-state index is 0.0871. The number of unbranched alkanes of at least 4 members (excludes halogenated alkanes) is 5. The summed E-state index contributed by atoms with van der Waals surface area (Å²) in [6.07, 6.45) is 10.8. The van der Waals surface area contributed by atoms with Crippen LogP contribution in [0, 0.1) is 11.3 Å². The molecule has 0 N–H and O–H groups in total. The van der Waals surface area contributed by atoms with E-state index < -0.39 is 0 Å². The molecule has 0 saturated heterocycles. The van der Waals surface area contributed by atoms with Crippen molar-refractivity contribution in [3.05, 3.63) is 11.8 Å². The molecule has 0 saturated carbocycles. The summed E-state index contributed by atoms with van der Waals surface area (Å²) in [5, 5.41) is 16.5. The molecule has 0 aromatic carbocycles. The van der Waals surface area contributed by atoms with Gasteiger partial charge in [0.15, 0.2) is 6.07 Å². The third-order valence-electron chi connectivity index (χ3n) is 3.45. The van der Waals surface area contributed by atoms with Crippen molar-refractivity contribution in [3.8, 4) is 6.07 Å². The molecule has 4 nitrogen and oxygen atoms in total. The summed E-state index contributed by atoms with van der Waals surface area (Å²) in [5.41, 5.74) is 0. The van der Waals surface area contributed by atoms with E-state index in [0.29, 0.717) is 11.8 Å². The van der Waals surface area contributed by atoms with E-state index in [0.717, 1.165) is 12.8 Å². The van der Waals surface area contributed by atoms with Crippen LogP contribution >= 0.6 is 0 Å². The summed E-state index contributed by atoms with van der Waals surface area (Å²) in [7, 11) is 0. The van der Waals surface area contributed by atoms with Crippen molar-refractivity contribution in [3.63, 3.8) is 0 Å². The SMILES string of the molecule is CCCCCCC(CCCCC)c1nnc(C#N)o1. The molecular weight excluding hydrogens is 238 g/mol. The van der Waals surface area contributed by atoms with Crippen molar-refractivity contribution in [2.45, 2.75) is 77.6 Å². The lowest BCUT2D eigenvalue weighted by molar-refractivity contribution is 0.390. The van der Waals surface area contributed by atoms with Crippen LogP contribution in [0.4, 0.5) is 0 Å². The molecule has 1 heterocycles. The third-order valence-corrected chi connectivity index (χ3v) is 3.45. The Kier molecular flexibility index (Phi) is 7.88. The summed E-state index contributed by atoms with van der Waals surface area (Å²) in [6.45, 7) is 4.42. The van der Waals surface area contributed by atoms with Gasteiger partial charge in [0.25, 0.3) is 0 Å². The van der Waals surface area contributed by atoms with Crippen molar-refractivity contribution in [1.29, 1.82) is 5.26 Å². The number of nitriles is 1. The van der Waals surface area contributed by atoms with Crippen LogP contribution in [0.25, 0.3) is 0 Å². The average Bonchev–Trinajstić information content (AvgIpc) is 2.90. The Hall–Kier alpha value is -1.37. The van der Waals surface area contributed by atoms with Crippen molar-refractivity contribution in [1.82, 2.24) is 10.2 Å². The number of hydrogen-bond donors (Lipinski definition) is 0. The molecule has 0 bridgehead atoms. The lowest BCUT2D eigenvalue weighted by Crippen LogP contribution is -2.00. The van der Waals surface area contributed by atoms with E-state index in [-0.39, 0.29) is 5.89 Å². The van der Waals surface area contributed by atoms with E-state index in [9.17, 15) is 0 Å². The van der Waals surface area contributed by atoms with E-state index >= 15 is 0 Å². The lowest BCUT2D eigenvalue weighted by atomic mass is 9.95. The van der Waals surface area contributed by atoms with Gasteiger partial charge in [-0.1, -0.05) is 63.9 Å². The molecule has 0 fully saturated rings. The first kappa shape index (κ1) is 15.7. The molecule has 1 atom stereocenters. The highest BCUT2D eigenvalue weighted by Gasteiger charge is 2.18. The summed E-state index contributed by atoms with van der Waals surface area (Å²) >= 11 is 0. The molecule has 106 valence electrons. The normalized spacial score (nSPS) is 12.3. The third kappa shape index (κ3) is 5.87. The highest BCUT2D eigenvalue weighted by Crippen LogP contribution is 2.27. The molecule has 0 amide bonds. The molecule has 0 aliphatic rings. The van der Waals surface area contributed by atoms with Gasteiger partial charge in [0.2, 0.25) is 5.89 Å². The van der Waals surface area contributed by atoms with Crippen molar-refractivity contribution < 1.29 is 4.42 Å². The van der Waals surface area contributed by atoms with Crippen LogP contribution in [-0.4, -0.2) is 10.2 Å². The maximum absolute atomic E-state index is 8.75. The second-order valence-corrected chi connectivity index (χ2v) is 5.10. The largest absolute Gasteiger partial charge is 0.413 e. The standard InChI is InChI=1S/C15H25N3O/c1-3-5-7-9-11-13(10-8-6-4-2)15-18-17-14(12-16)19-15/h13H,3-11H2,1-2H3. The van der Waals surface area contributed by atoms with Gasteiger partial charge in [-0.2, -0.15) is 5.26 Å². The fourth-order valence-electron chi connectivity index (χ4n) is 2.29. The molecular formula is C15H25N3O. The minimum absolute atomic E-state index is 0.0871. The van der Waals surface area contributed by atoms with Crippen molar-refractivity contribution in [2.24, 2.45) is 0 Å². The molecule has 0 spiro atoms. The summed E-state index contributed by atoms with van der Waals surface area (Å²) in [4.78, 5) is 0. The topological polar surface area (TPSA) is 62.7 Å². The number of rotatable bonds is 10. The Morgan fingerprint density at radius 1 is 1.00 bits per heavy atom. The Morgan fingerprint density at radius 3 is 2.21 bits per heavy atom. The van der Waals surface area contributed by atoms with Crippen molar-refractivity contribution >= 4 is 0 Å². The molecule has 0 aliphatic heterocycles. The molecule has 1 aromatic rings. The van der Waals surface area contributed by atoms with E-state index in [4.69, 9.17) is 9.68 Å². The van der Waals surface area contributed by atoms with Crippen LogP contribution < -0.4 is 0 Å². The number of nitrogens with zero attached hydrogens (tertiary/aromatic N) is 3.